The van der Waals surface area contributed by atoms with Crippen molar-refractivity contribution in [1.29, 1.82) is 0 Å². The molecule has 1 fully saturated rings. The average Bonchev–Trinajstić information content (AvgIpc) is 3.12. The Hall–Kier alpha value is -1.23. The molecule has 1 aliphatic rings. The molecule has 3 rings (SSSR count). The molecule has 1 aliphatic heterocycles. The maximum atomic E-state index is 4.61. The fraction of sp³-hybridized carbons (Fsp3) is 0.500. The van der Waals surface area contributed by atoms with E-state index in [9.17, 15) is 0 Å². The zero-order valence-corrected chi connectivity index (χ0v) is 14.3. The number of aromatic nitrogens is 1. The van der Waals surface area contributed by atoms with Crippen molar-refractivity contribution in [2.75, 3.05) is 13.1 Å². The minimum absolute atomic E-state index is 0.607. The Morgan fingerprint density at radius 2 is 2.14 bits per heavy atom. The van der Waals surface area contributed by atoms with E-state index in [1.807, 2.05) is 11.3 Å². The van der Waals surface area contributed by atoms with Crippen molar-refractivity contribution in [3.05, 3.63) is 51.5 Å². The van der Waals surface area contributed by atoms with Crippen molar-refractivity contribution in [1.82, 2.24) is 15.2 Å². The third-order valence-corrected chi connectivity index (χ3v) is 5.31. The van der Waals surface area contributed by atoms with Crippen LogP contribution in [0.3, 0.4) is 0 Å². The molecule has 2 heterocycles. The topological polar surface area (TPSA) is 28.2 Å². The lowest BCUT2D eigenvalue weighted by molar-refractivity contribution is 0.320. The van der Waals surface area contributed by atoms with Crippen LogP contribution in [-0.2, 0) is 19.5 Å². The Morgan fingerprint density at radius 3 is 2.91 bits per heavy atom. The molecule has 2 aromatic rings. The third-order valence-electron chi connectivity index (χ3n) is 4.29. The van der Waals surface area contributed by atoms with E-state index < -0.39 is 0 Å². The summed E-state index contributed by atoms with van der Waals surface area (Å²) in [6.45, 7) is 8.67. The Bertz CT molecular complexity index is 594. The predicted molar refractivity (Wildman–Crippen MR) is 93.2 cm³/mol. The molecular formula is C18H25N3S. The second-order valence-corrected chi connectivity index (χ2v) is 7.33. The quantitative estimate of drug-likeness (QED) is 0.886. The van der Waals surface area contributed by atoms with Gasteiger partial charge in [0, 0.05) is 37.1 Å². The molecule has 1 atom stereocenters. The number of benzene rings is 1. The summed E-state index contributed by atoms with van der Waals surface area (Å²) in [7, 11) is 0. The lowest BCUT2D eigenvalue weighted by Gasteiger charge is -2.16. The molecule has 22 heavy (non-hydrogen) atoms. The van der Waals surface area contributed by atoms with Gasteiger partial charge < -0.3 is 5.32 Å². The first kappa shape index (κ1) is 15.7. The Labute approximate surface area is 137 Å². The molecule has 0 aliphatic carbocycles. The first-order valence-electron chi connectivity index (χ1n) is 8.19. The Morgan fingerprint density at radius 1 is 1.32 bits per heavy atom. The van der Waals surface area contributed by atoms with Crippen molar-refractivity contribution < 1.29 is 0 Å². The van der Waals surface area contributed by atoms with Gasteiger partial charge in [-0.1, -0.05) is 37.3 Å². The van der Waals surface area contributed by atoms with Crippen LogP contribution in [0, 0.1) is 6.92 Å². The van der Waals surface area contributed by atoms with E-state index in [-0.39, 0.29) is 0 Å². The van der Waals surface area contributed by atoms with Crippen LogP contribution in [0.15, 0.2) is 30.3 Å². The SMILES string of the molecule is CCc1nc(C)sc1CN[C@H]1CCN(Cc2ccccc2)C1. The van der Waals surface area contributed by atoms with Crippen LogP contribution in [0.2, 0.25) is 0 Å². The van der Waals surface area contributed by atoms with Crippen molar-refractivity contribution in [2.24, 2.45) is 0 Å². The standard InChI is InChI=1S/C18H25N3S/c1-3-17-18(22-14(2)20-17)11-19-16-9-10-21(13-16)12-15-7-5-4-6-8-15/h4-8,16,19H,3,9-13H2,1-2H3/t16-/m0/s1. The molecule has 1 aromatic carbocycles. The van der Waals surface area contributed by atoms with Crippen molar-refractivity contribution in [3.63, 3.8) is 0 Å². The van der Waals surface area contributed by atoms with E-state index in [2.05, 4.69) is 59.4 Å². The highest BCUT2D eigenvalue weighted by atomic mass is 32.1. The van der Waals surface area contributed by atoms with E-state index in [0.29, 0.717) is 6.04 Å². The highest BCUT2D eigenvalue weighted by Crippen LogP contribution is 2.20. The Balaban J connectivity index is 1.49. The third kappa shape index (κ3) is 3.94. The summed E-state index contributed by atoms with van der Waals surface area (Å²) in [6, 6.07) is 11.4. The summed E-state index contributed by atoms with van der Waals surface area (Å²) in [5.74, 6) is 0. The smallest absolute Gasteiger partial charge is 0.0900 e. The number of hydrogen-bond donors (Lipinski definition) is 1. The predicted octanol–water partition coefficient (Wildman–Crippen LogP) is 3.38. The summed E-state index contributed by atoms with van der Waals surface area (Å²) in [5.41, 5.74) is 2.68. The van der Waals surface area contributed by atoms with E-state index in [4.69, 9.17) is 0 Å². The first-order valence-corrected chi connectivity index (χ1v) is 9.01. The number of thiazole rings is 1. The minimum atomic E-state index is 0.607. The molecule has 1 N–H and O–H groups in total. The van der Waals surface area contributed by atoms with E-state index in [1.54, 1.807) is 0 Å². The van der Waals surface area contributed by atoms with Gasteiger partial charge in [0.05, 0.1) is 10.7 Å². The summed E-state index contributed by atoms with van der Waals surface area (Å²) in [6.07, 6.45) is 2.28. The van der Waals surface area contributed by atoms with Crippen molar-refractivity contribution >= 4 is 11.3 Å². The Kier molecular flexibility index (Phi) is 5.24. The van der Waals surface area contributed by atoms with Crippen molar-refractivity contribution in [3.8, 4) is 0 Å². The zero-order valence-electron chi connectivity index (χ0n) is 13.5. The monoisotopic (exact) mass is 315 g/mol. The summed E-state index contributed by atoms with van der Waals surface area (Å²) in [4.78, 5) is 8.58. The second kappa shape index (κ2) is 7.36. The largest absolute Gasteiger partial charge is 0.308 e. The fourth-order valence-corrected chi connectivity index (χ4v) is 4.12. The van der Waals surface area contributed by atoms with Crippen LogP contribution < -0.4 is 5.32 Å². The zero-order chi connectivity index (χ0) is 15.4. The number of aryl methyl sites for hydroxylation is 2. The van der Waals surface area contributed by atoms with Crippen LogP contribution in [0.1, 0.15) is 34.5 Å². The van der Waals surface area contributed by atoms with Gasteiger partial charge in [-0.05, 0) is 25.3 Å². The molecule has 0 radical (unpaired) electrons. The van der Waals surface area contributed by atoms with Crippen LogP contribution in [0.4, 0.5) is 0 Å². The van der Waals surface area contributed by atoms with Gasteiger partial charge in [-0.2, -0.15) is 0 Å². The van der Waals surface area contributed by atoms with E-state index >= 15 is 0 Å². The first-order chi connectivity index (χ1) is 10.7. The molecule has 0 amide bonds. The molecule has 0 unspecified atom stereocenters. The fourth-order valence-electron chi connectivity index (χ4n) is 3.15. The van der Waals surface area contributed by atoms with Gasteiger partial charge in [0.2, 0.25) is 0 Å². The number of nitrogens with zero attached hydrogens (tertiary/aromatic N) is 2. The van der Waals surface area contributed by atoms with Gasteiger partial charge in [0.15, 0.2) is 0 Å². The summed E-state index contributed by atoms with van der Waals surface area (Å²) in [5, 5.41) is 4.92. The maximum Gasteiger partial charge on any atom is 0.0900 e. The summed E-state index contributed by atoms with van der Waals surface area (Å²) >= 11 is 1.84. The van der Waals surface area contributed by atoms with Crippen LogP contribution in [-0.4, -0.2) is 29.0 Å². The highest BCUT2D eigenvalue weighted by molar-refractivity contribution is 7.11. The van der Waals surface area contributed by atoms with Gasteiger partial charge in [0.1, 0.15) is 0 Å². The molecule has 0 bridgehead atoms. The molecule has 0 spiro atoms. The van der Waals surface area contributed by atoms with Gasteiger partial charge in [0.25, 0.3) is 0 Å². The molecular weight excluding hydrogens is 290 g/mol. The van der Waals surface area contributed by atoms with Crippen LogP contribution in [0.5, 0.6) is 0 Å². The normalized spacial score (nSPS) is 18.9. The van der Waals surface area contributed by atoms with Crippen LogP contribution in [0.25, 0.3) is 0 Å². The van der Waals surface area contributed by atoms with Crippen LogP contribution >= 0.6 is 11.3 Å². The van der Waals surface area contributed by atoms with E-state index in [0.717, 1.165) is 26.1 Å². The molecule has 0 saturated carbocycles. The number of likely N-dealkylation sites (tertiary alicyclic amines) is 1. The number of rotatable bonds is 6. The van der Waals surface area contributed by atoms with Gasteiger partial charge >= 0.3 is 0 Å². The highest BCUT2D eigenvalue weighted by Gasteiger charge is 2.22. The van der Waals surface area contributed by atoms with E-state index in [1.165, 1.54) is 34.1 Å². The maximum absolute atomic E-state index is 4.61. The second-order valence-electron chi connectivity index (χ2n) is 6.04. The molecule has 118 valence electrons. The van der Waals surface area contributed by atoms with Gasteiger partial charge in [-0.15, -0.1) is 11.3 Å². The van der Waals surface area contributed by atoms with Gasteiger partial charge in [-0.3, -0.25) is 4.90 Å². The van der Waals surface area contributed by atoms with Gasteiger partial charge in [-0.25, -0.2) is 4.98 Å². The molecule has 3 nitrogen and oxygen atoms in total. The number of nitrogens with one attached hydrogen (secondary N) is 1. The summed E-state index contributed by atoms with van der Waals surface area (Å²) < 4.78 is 0. The molecule has 1 saturated heterocycles. The lowest BCUT2D eigenvalue weighted by Crippen LogP contribution is -2.32. The minimum Gasteiger partial charge on any atom is -0.308 e. The lowest BCUT2D eigenvalue weighted by atomic mass is 10.2. The molecule has 4 heteroatoms. The van der Waals surface area contributed by atoms with Crippen molar-refractivity contribution in [2.45, 2.75) is 45.8 Å². The average molecular weight is 315 g/mol. The number of hydrogen-bond acceptors (Lipinski definition) is 4. The molecule has 1 aromatic heterocycles.